The Bertz CT molecular complexity index is 320. The molecule has 0 fully saturated rings. The molecule has 0 aliphatic rings. The maximum atomic E-state index is 9.10. The monoisotopic (exact) mass is 191 g/mol. The normalized spacial score (nSPS) is 12.8. The van der Waals surface area contributed by atoms with Gasteiger partial charge in [-0.3, -0.25) is 0 Å². The van der Waals surface area contributed by atoms with E-state index in [1.807, 2.05) is 0 Å². The standard InChI is InChI=1S/C8H11NO2.ClH/c9-4-3-6-1-2-7(10)8(11)5-6;/h1-2,5,10-11H,3-4,9H2;1H/i3D2;. The van der Waals surface area contributed by atoms with Gasteiger partial charge in [0.15, 0.2) is 11.5 Å². The molecule has 1 aromatic carbocycles. The fourth-order valence-electron chi connectivity index (χ4n) is 0.751. The van der Waals surface area contributed by atoms with Crippen molar-refractivity contribution >= 4 is 12.4 Å². The van der Waals surface area contributed by atoms with Crippen molar-refractivity contribution in [2.24, 2.45) is 5.73 Å². The maximum absolute atomic E-state index is 9.10. The quantitative estimate of drug-likeness (QED) is 0.612. The van der Waals surface area contributed by atoms with E-state index >= 15 is 0 Å². The van der Waals surface area contributed by atoms with Crippen molar-refractivity contribution < 1.29 is 13.0 Å². The minimum Gasteiger partial charge on any atom is -0.504 e. The maximum Gasteiger partial charge on any atom is 0.157 e. The molecule has 0 amide bonds. The van der Waals surface area contributed by atoms with Gasteiger partial charge in [0.25, 0.3) is 0 Å². The van der Waals surface area contributed by atoms with Crippen LogP contribution in [0.3, 0.4) is 0 Å². The second-order valence-electron chi connectivity index (χ2n) is 2.08. The van der Waals surface area contributed by atoms with Crippen LogP contribution in [-0.4, -0.2) is 16.8 Å². The third-order valence-corrected chi connectivity index (χ3v) is 1.28. The van der Waals surface area contributed by atoms with Crippen molar-refractivity contribution in [1.29, 1.82) is 0 Å². The number of nitrogens with two attached hydrogens (primary N) is 1. The summed E-state index contributed by atoms with van der Waals surface area (Å²) in [5.74, 6) is -0.605. The molecule has 0 aliphatic carbocycles. The molecule has 0 spiro atoms. The Kier molecular flexibility index (Phi) is 3.11. The van der Waals surface area contributed by atoms with Crippen LogP contribution in [0.2, 0.25) is 0 Å². The highest BCUT2D eigenvalue weighted by molar-refractivity contribution is 5.85. The van der Waals surface area contributed by atoms with Crippen LogP contribution >= 0.6 is 12.4 Å². The summed E-state index contributed by atoms with van der Waals surface area (Å²) in [6.45, 7) is -0.169. The molecule has 68 valence electrons. The van der Waals surface area contributed by atoms with Crippen LogP contribution in [0.25, 0.3) is 0 Å². The average molecular weight is 192 g/mol. The summed E-state index contributed by atoms with van der Waals surface area (Å²) >= 11 is 0. The molecule has 0 radical (unpaired) electrons. The first kappa shape index (κ1) is 7.71. The molecule has 0 atom stereocenters. The molecule has 0 saturated carbocycles. The lowest BCUT2D eigenvalue weighted by atomic mass is 10.1. The summed E-state index contributed by atoms with van der Waals surface area (Å²) in [4.78, 5) is 0. The summed E-state index contributed by atoms with van der Waals surface area (Å²) in [6.07, 6.45) is -1.68. The van der Waals surface area contributed by atoms with E-state index in [9.17, 15) is 0 Å². The van der Waals surface area contributed by atoms with Gasteiger partial charge in [0.1, 0.15) is 0 Å². The van der Waals surface area contributed by atoms with Crippen LogP contribution in [0.5, 0.6) is 11.5 Å². The molecule has 1 rings (SSSR count). The fourth-order valence-corrected chi connectivity index (χ4v) is 0.751. The highest BCUT2D eigenvalue weighted by Gasteiger charge is 1.98. The minimum absolute atomic E-state index is 0. The summed E-state index contributed by atoms with van der Waals surface area (Å²) in [6, 6.07) is 3.79. The molecular weight excluding hydrogens is 178 g/mol. The van der Waals surface area contributed by atoms with Crippen molar-refractivity contribution in [3.8, 4) is 11.5 Å². The highest BCUT2D eigenvalue weighted by atomic mass is 35.5. The lowest BCUT2D eigenvalue weighted by Gasteiger charge is -2.00. The van der Waals surface area contributed by atoms with E-state index in [1.165, 1.54) is 18.2 Å². The van der Waals surface area contributed by atoms with Crippen LogP contribution in [0.15, 0.2) is 18.2 Å². The van der Waals surface area contributed by atoms with Gasteiger partial charge >= 0.3 is 0 Å². The summed E-state index contributed by atoms with van der Waals surface area (Å²) in [5, 5.41) is 18.1. The van der Waals surface area contributed by atoms with Crippen molar-refractivity contribution in [1.82, 2.24) is 0 Å². The number of phenolic OH excluding ortho intramolecular Hbond substituents is 2. The first-order valence-electron chi connectivity index (χ1n) is 4.20. The summed E-state index contributed by atoms with van der Waals surface area (Å²) in [7, 11) is 0. The molecule has 0 heterocycles. The van der Waals surface area contributed by atoms with Gasteiger partial charge < -0.3 is 15.9 Å². The number of hydrogen-bond acceptors (Lipinski definition) is 3. The third-order valence-electron chi connectivity index (χ3n) is 1.28. The highest BCUT2D eigenvalue weighted by Crippen LogP contribution is 2.24. The largest absolute Gasteiger partial charge is 0.504 e. The Hall–Kier alpha value is -0.930. The number of aromatic hydroxyl groups is 2. The first-order chi connectivity index (χ1) is 5.97. The van der Waals surface area contributed by atoms with Crippen LogP contribution in [0.4, 0.5) is 0 Å². The van der Waals surface area contributed by atoms with E-state index in [4.69, 9.17) is 18.7 Å². The lowest BCUT2D eigenvalue weighted by Crippen LogP contribution is -2.02. The molecule has 0 aromatic heterocycles. The summed E-state index contributed by atoms with van der Waals surface area (Å²) in [5.41, 5.74) is 5.46. The zero-order valence-electron chi connectivity index (χ0n) is 8.32. The number of halogens is 1. The molecule has 0 aliphatic heterocycles. The Balaban J connectivity index is 0.00000169. The smallest absolute Gasteiger partial charge is 0.157 e. The van der Waals surface area contributed by atoms with E-state index in [0.717, 1.165) is 0 Å². The van der Waals surface area contributed by atoms with Gasteiger partial charge in [-0.15, -0.1) is 12.4 Å². The van der Waals surface area contributed by atoms with E-state index in [-0.39, 0.29) is 36.0 Å². The zero-order valence-corrected chi connectivity index (χ0v) is 7.14. The van der Waals surface area contributed by atoms with Gasteiger partial charge in [0, 0.05) is 2.74 Å². The second kappa shape index (κ2) is 4.85. The molecular formula is C8H12ClNO2. The molecule has 0 bridgehead atoms. The second-order valence-corrected chi connectivity index (χ2v) is 2.08. The topological polar surface area (TPSA) is 66.5 Å². The molecule has 1 aromatic rings. The predicted molar refractivity (Wildman–Crippen MR) is 49.8 cm³/mol. The average Bonchev–Trinajstić information content (AvgIpc) is 2.09. The minimum atomic E-state index is -1.68. The van der Waals surface area contributed by atoms with Gasteiger partial charge in [-0.1, -0.05) is 6.07 Å². The lowest BCUT2D eigenvalue weighted by molar-refractivity contribution is 0.403. The van der Waals surface area contributed by atoms with E-state index in [0.29, 0.717) is 0 Å². The summed E-state index contributed by atoms with van der Waals surface area (Å²) < 4.78 is 14.9. The Morgan fingerprint density at radius 2 is 2.00 bits per heavy atom. The van der Waals surface area contributed by atoms with Gasteiger partial charge in [0.05, 0.1) is 0 Å². The van der Waals surface area contributed by atoms with Crippen LogP contribution in [0.1, 0.15) is 8.30 Å². The molecule has 4 N–H and O–H groups in total. The Labute approximate surface area is 80.1 Å². The van der Waals surface area contributed by atoms with E-state index < -0.39 is 6.37 Å². The van der Waals surface area contributed by atoms with Crippen LogP contribution in [-0.2, 0) is 6.37 Å². The number of phenols is 2. The first-order valence-corrected chi connectivity index (χ1v) is 3.20. The van der Waals surface area contributed by atoms with E-state index in [2.05, 4.69) is 0 Å². The third kappa shape index (κ3) is 2.60. The SMILES string of the molecule is Cl.[2H]C([2H])(CN)c1ccc(O)c(O)c1. The number of rotatable bonds is 2. The molecule has 0 unspecified atom stereocenters. The van der Waals surface area contributed by atoms with Gasteiger partial charge in [0.2, 0.25) is 0 Å². The number of benzene rings is 1. The van der Waals surface area contributed by atoms with Crippen molar-refractivity contribution in [3.63, 3.8) is 0 Å². The van der Waals surface area contributed by atoms with Gasteiger partial charge in [-0.05, 0) is 30.6 Å². The zero-order chi connectivity index (χ0) is 10.1. The van der Waals surface area contributed by atoms with Crippen molar-refractivity contribution in [2.75, 3.05) is 6.54 Å². The number of hydrogen-bond donors (Lipinski definition) is 3. The van der Waals surface area contributed by atoms with Gasteiger partial charge in [-0.25, -0.2) is 0 Å². The van der Waals surface area contributed by atoms with Crippen LogP contribution in [0, 0.1) is 0 Å². The van der Waals surface area contributed by atoms with Crippen molar-refractivity contribution in [3.05, 3.63) is 23.8 Å². The van der Waals surface area contributed by atoms with Crippen molar-refractivity contribution in [2.45, 2.75) is 6.37 Å². The molecule has 4 heteroatoms. The molecule has 0 saturated heterocycles. The Morgan fingerprint density at radius 3 is 2.50 bits per heavy atom. The van der Waals surface area contributed by atoms with Gasteiger partial charge in [-0.2, -0.15) is 0 Å². The predicted octanol–water partition coefficient (Wildman–Crippen LogP) is 1.02. The van der Waals surface area contributed by atoms with Crippen LogP contribution < -0.4 is 5.73 Å². The molecule has 12 heavy (non-hydrogen) atoms. The molecule has 3 nitrogen and oxygen atoms in total. The fraction of sp³-hybridized carbons (Fsp3) is 0.250. The van der Waals surface area contributed by atoms with E-state index in [1.54, 1.807) is 0 Å². The Morgan fingerprint density at radius 1 is 1.33 bits per heavy atom.